The van der Waals surface area contributed by atoms with Gasteiger partial charge in [-0.15, -0.1) is 0 Å². The molecule has 0 aliphatic rings. The Labute approximate surface area is 75.0 Å². The first-order chi connectivity index (χ1) is 5.90. The average molecular weight is 203 g/mol. The Kier molecular flexibility index (Phi) is 2.39. The lowest BCUT2D eigenvalue weighted by molar-refractivity contribution is 0.102. The molecule has 5 N–H and O–H groups in total. The number of carbonyl (C=O) groups is 1. The summed E-state index contributed by atoms with van der Waals surface area (Å²) in [6.45, 7) is 0. The van der Waals surface area contributed by atoms with Gasteiger partial charge >= 0.3 is 0 Å². The summed E-state index contributed by atoms with van der Waals surface area (Å²) in [5, 5.41) is 4.69. The minimum absolute atomic E-state index is 0.147. The molecule has 0 saturated carbocycles. The molecule has 1 aromatic rings. The van der Waals surface area contributed by atoms with Crippen molar-refractivity contribution in [3.63, 3.8) is 0 Å². The second-order valence-corrected chi connectivity index (χ2v) is 4.15. The maximum atomic E-state index is 11.2. The molecule has 0 bridgehead atoms. The van der Waals surface area contributed by atoms with Crippen LogP contribution in [0.3, 0.4) is 0 Å². The van der Waals surface area contributed by atoms with Crippen LogP contribution in [0.5, 0.6) is 0 Å². The number of aromatic nitrogens is 1. The fraction of sp³-hybridized carbons (Fsp3) is 0.167. The Morgan fingerprint density at radius 1 is 1.54 bits per heavy atom. The average Bonchev–Trinajstić information content (AvgIpc) is 2.30. The molecule has 0 amide bonds. The van der Waals surface area contributed by atoms with Gasteiger partial charge in [0, 0.05) is 6.20 Å². The summed E-state index contributed by atoms with van der Waals surface area (Å²) in [6, 6.07) is 1.41. The number of Topliss-reactive ketones (excluding diaryl/α,β-unsaturated/α-hetero) is 1. The minimum Gasteiger partial charge on any atom is -0.385 e. The number of ketones is 1. The monoisotopic (exact) mass is 203 g/mol. The molecule has 72 valence electrons. The van der Waals surface area contributed by atoms with Crippen molar-refractivity contribution >= 4 is 21.6 Å². The van der Waals surface area contributed by atoms with E-state index in [1.54, 1.807) is 0 Å². The largest absolute Gasteiger partial charge is 0.385 e. The van der Waals surface area contributed by atoms with Crippen molar-refractivity contribution in [1.82, 2.24) is 4.98 Å². The Morgan fingerprint density at radius 3 is 2.54 bits per heavy atom. The van der Waals surface area contributed by atoms with Gasteiger partial charge in [0.15, 0.2) is 5.78 Å². The van der Waals surface area contributed by atoms with Crippen molar-refractivity contribution in [2.45, 2.75) is 0 Å². The van der Waals surface area contributed by atoms with E-state index in [0.29, 0.717) is 0 Å². The van der Waals surface area contributed by atoms with Gasteiger partial charge in [-0.2, -0.15) is 0 Å². The van der Waals surface area contributed by atoms with Crippen LogP contribution in [-0.4, -0.2) is 24.9 Å². The van der Waals surface area contributed by atoms with E-state index in [4.69, 9.17) is 10.9 Å². The number of carbonyl (C=O) groups excluding carboxylic acids is 1. The lowest BCUT2D eigenvalue weighted by Gasteiger charge is -1.96. The van der Waals surface area contributed by atoms with E-state index in [2.05, 4.69) is 4.98 Å². The molecular formula is C6H9N3O3S. The third-order valence-electron chi connectivity index (χ3n) is 1.41. The smallest absolute Gasteiger partial charge is 0.216 e. The highest BCUT2D eigenvalue weighted by Crippen LogP contribution is 2.09. The number of hydrogen-bond donors (Lipinski definition) is 3. The number of H-pyrrole nitrogens is 1. The lowest BCUT2D eigenvalue weighted by Crippen LogP contribution is -2.23. The minimum atomic E-state index is -3.79. The van der Waals surface area contributed by atoms with Gasteiger partial charge in [0.25, 0.3) is 0 Å². The Hall–Kier alpha value is -1.34. The third-order valence-corrected chi connectivity index (χ3v) is 2.08. The first-order valence-corrected chi connectivity index (χ1v) is 5.08. The van der Waals surface area contributed by atoms with Crippen LogP contribution in [0, 0.1) is 0 Å². The van der Waals surface area contributed by atoms with Crippen LogP contribution in [-0.2, 0) is 10.0 Å². The zero-order valence-electron chi connectivity index (χ0n) is 6.65. The van der Waals surface area contributed by atoms with Crippen molar-refractivity contribution < 1.29 is 13.2 Å². The molecule has 0 spiro atoms. The normalized spacial score (nSPS) is 11.5. The standard InChI is InChI=1S/C6H9N3O3S/c7-6-4(1-2-9-6)5(10)3-13(8,11)12/h1-2,9H,3,7H2,(H2,8,11,12). The first kappa shape index (κ1) is 9.75. The van der Waals surface area contributed by atoms with Crippen molar-refractivity contribution in [2.75, 3.05) is 11.5 Å². The quantitative estimate of drug-likeness (QED) is 0.549. The van der Waals surface area contributed by atoms with Gasteiger partial charge < -0.3 is 10.7 Å². The predicted molar refractivity (Wildman–Crippen MR) is 47.5 cm³/mol. The van der Waals surface area contributed by atoms with E-state index in [1.165, 1.54) is 12.3 Å². The summed E-state index contributed by atoms with van der Waals surface area (Å²) in [5.74, 6) is -1.19. The second kappa shape index (κ2) is 3.19. The molecule has 6 nitrogen and oxygen atoms in total. The number of primary sulfonamides is 1. The van der Waals surface area contributed by atoms with E-state index in [0.717, 1.165) is 0 Å². The molecule has 13 heavy (non-hydrogen) atoms. The SMILES string of the molecule is Nc1[nH]ccc1C(=O)CS(N)(=O)=O. The topological polar surface area (TPSA) is 119 Å². The number of aromatic amines is 1. The maximum Gasteiger partial charge on any atom is 0.216 e. The number of nitrogens with two attached hydrogens (primary N) is 2. The number of anilines is 1. The van der Waals surface area contributed by atoms with Crippen molar-refractivity contribution in [1.29, 1.82) is 0 Å². The highest BCUT2D eigenvalue weighted by molar-refractivity contribution is 7.89. The molecule has 0 atom stereocenters. The fourth-order valence-electron chi connectivity index (χ4n) is 0.886. The molecular weight excluding hydrogens is 194 g/mol. The van der Waals surface area contributed by atoms with E-state index in [9.17, 15) is 13.2 Å². The van der Waals surface area contributed by atoms with Crippen LogP contribution in [0.15, 0.2) is 12.3 Å². The summed E-state index contributed by atoms with van der Waals surface area (Å²) >= 11 is 0. The molecule has 0 unspecified atom stereocenters. The predicted octanol–water partition coefficient (Wildman–Crippen LogP) is -0.932. The van der Waals surface area contributed by atoms with Crippen molar-refractivity contribution in [3.05, 3.63) is 17.8 Å². The molecule has 0 aliphatic heterocycles. The van der Waals surface area contributed by atoms with E-state index >= 15 is 0 Å². The zero-order valence-corrected chi connectivity index (χ0v) is 7.47. The van der Waals surface area contributed by atoms with Crippen LogP contribution < -0.4 is 10.9 Å². The molecule has 0 saturated heterocycles. The number of rotatable bonds is 3. The van der Waals surface area contributed by atoms with Gasteiger partial charge in [0.2, 0.25) is 10.0 Å². The number of nitrogen functional groups attached to an aromatic ring is 1. The van der Waals surface area contributed by atoms with E-state index in [1.807, 2.05) is 0 Å². The Bertz CT molecular complexity index is 420. The number of sulfonamides is 1. The second-order valence-electron chi connectivity index (χ2n) is 2.54. The molecule has 1 aromatic heterocycles. The van der Waals surface area contributed by atoms with Gasteiger partial charge in [-0.3, -0.25) is 4.79 Å². The zero-order chi connectivity index (χ0) is 10.1. The molecule has 0 fully saturated rings. The lowest BCUT2D eigenvalue weighted by atomic mass is 10.2. The Balaban J connectivity index is 2.88. The van der Waals surface area contributed by atoms with Crippen molar-refractivity contribution in [3.8, 4) is 0 Å². The first-order valence-electron chi connectivity index (χ1n) is 3.36. The molecule has 1 rings (SSSR count). The van der Waals surface area contributed by atoms with Gasteiger partial charge in [-0.25, -0.2) is 13.6 Å². The van der Waals surface area contributed by atoms with Gasteiger partial charge in [0.1, 0.15) is 11.6 Å². The Morgan fingerprint density at radius 2 is 2.15 bits per heavy atom. The van der Waals surface area contributed by atoms with Crippen molar-refractivity contribution in [2.24, 2.45) is 5.14 Å². The third kappa shape index (κ3) is 2.56. The molecule has 7 heteroatoms. The van der Waals surface area contributed by atoms with Crippen LogP contribution in [0.25, 0.3) is 0 Å². The summed E-state index contributed by atoms with van der Waals surface area (Å²) < 4.78 is 21.1. The molecule has 0 aromatic carbocycles. The molecule has 0 radical (unpaired) electrons. The van der Waals surface area contributed by atoms with Gasteiger partial charge in [-0.1, -0.05) is 0 Å². The summed E-state index contributed by atoms with van der Waals surface area (Å²) in [6.07, 6.45) is 1.45. The van der Waals surface area contributed by atoms with Gasteiger partial charge in [0.05, 0.1) is 5.56 Å². The number of hydrogen-bond acceptors (Lipinski definition) is 4. The van der Waals surface area contributed by atoms with Crippen LogP contribution >= 0.6 is 0 Å². The van der Waals surface area contributed by atoms with Crippen LogP contribution in [0.1, 0.15) is 10.4 Å². The molecule has 1 heterocycles. The highest BCUT2D eigenvalue weighted by atomic mass is 32.2. The molecule has 0 aliphatic carbocycles. The van der Waals surface area contributed by atoms with Gasteiger partial charge in [-0.05, 0) is 6.07 Å². The highest BCUT2D eigenvalue weighted by Gasteiger charge is 2.16. The summed E-state index contributed by atoms with van der Waals surface area (Å²) in [7, 11) is -3.79. The summed E-state index contributed by atoms with van der Waals surface area (Å²) in [4.78, 5) is 13.7. The van der Waals surface area contributed by atoms with E-state index in [-0.39, 0.29) is 11.4 Å². The number of nitrogens with one attached hydrogen (secondary N) is 1. The van der Waals surface area contributed by atoms with Crippen LogP contribution in [0.4, 0.5) is 5.82 Å². The van der Waals surface area contributed by atoms with Crippen LogP contribution in [0.2, 0.25) is 0 Å². The maximum absolute atomic E-state index is 11.2. The van der Waals surface area contributed by atoms with E-state index < -0.39 is 21.6 Å². The fourth-order valence-corrected chi connectivity index (χ4v) is 1.41. The summed E-state index contributed by atoms with van der Waals surface area (Å²) in [5.41, 5.74) is 5.50.